The number of aromatic nitrogens is 2. The number of piperazine rings is 1. The molecular formula is C13H21N5O2. The summed E-state index contributed by atoms with van der Waals surface area (Å²) < 4.78 is 1.66. The summed E-state index contributed by atoms with van der Waals surface area (Å²) in [5.74, 6) is 0.00523. The van der Waals surface area contributed by atoms with Crippen LogP contribution in [0.5, 0.6) is 0 Å². The van der Waals surface area contributed by atoms with E-state index in [1.54, 1.807) is 20.7 Å². The molecule has 0 unspecified atom stereocenters. The predicted molar refractivity (Wildman–Crippen MR) is 75.3 cm³/mol. The zero-order valence-electron chi connectivity index (χ0n) is 12.0. The third-order valence-corrected chi connectivity index (χ3v) is 3.39. The van der Waals surface area contributed by atoms with Crippen LogP contribution in [0.2, 0.25) is 0 Å². The summed E-state index contributed by atoms with van der Waals surface area (Å²) in [5.41, 5.74) is 0.791. The van der Waals surface area contributed by atoms with Gasteiger partial charge in [0.2, 0.25) is 11.8 Å². The Morgan fingerprint density at radius 2 is 2.25 bits per heavy atom. The lowest BCUT2D eigenvalue weighted by molar-refractivity contribution is -0.136. The molecule has 7 heteroatoms. The van der Waals surface area contributed by atoms with Crippen molar-refractivity contribution in [3.63, 3.8) is 0 Å². The van der Waals surface area contributed by atoms with Gasteiger partial charge in [-0.2, -0.15) is 5.10 Å². The highest BCUT2D eigenvalue weighted by Gasteiger charge is 2.28. The standard InChI is InChI=1S/C13H21N5O2/c1-14-5-3-4-12(19)17-6-7-18(13(20)10-17)11-8-15-16(2)9-11/h8-9,14H,3-7,10H2,1-2H3. The minimum Gasteiger partial charge on any atom is -0.332 e. The summed E-state index contributed by atoms with van der Waals surface area (Å²) in [4.78, 5) is 27.4. The van der Waals surface area contributed by atoms with Crippen LogP contribution in [0.1, 0.15) is 12.8 Å². The van der Waals surface area contributed by atoms with E-state index in [1.807, 2.05) is 20.3 Å². The maximum atomic E-state index is 12.1. The van der Waals surface area contributed by atoms with Gasteiger partial charge in [-0.05, 0) is 20.0 Å². The Hall–Kier alpha value is -1.89. The third-order valence-electron chi connectivity index (χ3n) is 3.39. The maximum absolute atomic E-state index is 12.1. The van der Waals surface area contributed by atoms with Crippen molar-refractivity contribution in [1.82, 2.24) is 20.0 Å². The Bertz CT molecular complexity index is 485. The summed E-state index contributed by atoms with van der Waals surface area (Å²) in [7, 11) is 3.68. The van der Waals surface area contributed by atoms with Crippen LogP contribution >= 0.6 is 0 Å². The van der Waals surface area contributed by atoms with Gasteiger partial charge in [-0.15, -0.1) is 0 Å². The zero-order chi connectivity index (χ0) is 14.5. The van der Waals surface area contributed by atoms with E-state index < -0.39 is 0 Å². The number of carbonyl (C=O) groups excluding carboxylic acids is 2. The fourth-order valence-corrected chi connectivity index (χ4v) is 2.28. The van der Waals surface area contributed by atoms with Crippen LogP contribution in [0, 0.1) is 0 Å². The molecule has 20 heavy (non-hydrogen) atoms. The number of nitrogens with one attached hydrogen (secondary N) is 1. The van der Waals surface area contributed by atoms with Crippen LogP contribution in [-0.2, 0) is 16.6 Å². The molecule has 1 aromatic heterocycles. The lowest BCUT2D eigenvalue weighted by atomic mass is 10.2. The molecule has 1 fully saturated rings. The van der Waals surface area contributed by atoms with Gasteiger partial charge in [0, 0.05) is 32.8 Å². The largest absolute Gasteiger partial charge is 0.332 e. The van der Waals surface area contributed by atoms with Crippen LogP contribution in [0.4, 0.5) is 5.69 Å². The monoisotopic (exact) mass is 279 g/mol. The van der Waals surface area contributed by atoms with E-state index in [9.17, 15) is 9.59 Å². The first-order valence-corrected chi connectivity index (χ1v) is 6.83. The van der Waals surface area contributed by atoms with Crippen molar-refractivity contribution in [1.29, 1.82) is 0 Å². The average molecular weight is 279 g/mol. The van der Waals surface area contributed by atoms with Crippen LogP contribution in [0.15, 0.2) is 12.4 Å². The molecule has 1 N–H and O–H groups in total. The highest BCUT2D eigenvalue weighted by Crippen LogP contribution is 2.16. The van der Waals surface area contributed by atoms with Gasteiger partial charge in [0.1, 0.15) is 6.54 Å². The average Bonchev–Trinajstić information content (AvgIpc) is 2.85. The fourth-order valence-electron chi connectivity index (χ4n) is 2.28. The van der Waals surface area contributed by atoms with Crippen LogP contribution < -0.4 is 10.2 Å². The van der Waals surface area contributed by atoms with Crippen LogP contribution in [-0.4, -0.2) is 59.7 Å². The molecule has 7 nitrogen and oxygen atoms in total. The number of aryl methyl sites for hydroxylation is 1. The quantitative estimate of drug-likeness (QED) is 0.744. The molecule has 0 bridgehead atoms. The summed E-state index contributed by atoms with van der Waals surface area (Å²) >= 11 is 0. The van der Waals surface area contributed by atoms with Crippen LogP contribution in [0.3, 0.4) is 0 Å². The van der Waals surface area contributed by atoms with E-state index in [2.05, 4.69) is 10.4 Å². The van der Waals surface area contributed by atoms with Crippen molar-refractivity contribution in [3.8, 4) is 0 Å². The highest BCUT2D eigenvalue weighted by molar-refractivity contribution is 5.97. The lowest BCUT2D eigenvalue weighted by Crippen LogP contribution is -2.52. The van der Waals surface area contributed by atoms with E-state index in [1.165, 1.54) is 0 Å². The first kappa shape index (κ1) is 14.5. The van der Waals surface area contributed by atoms with Crippen LogP contribution in [0.25, 0.3) is 0 Å². The second-order valence-corrected chi connectivity index (χ2v) is 4.94. The van der Waals surface area contributed by atoms with E-state index in [4.69, 9.17) is 0 Å². The highest BCUT2D eigenvalue weighted by atomic mass is 16.2. The second-order valence-electron chi connectivity index (χ2n) is 4.94. The van der Waals surface area contributed by atoms with Gasteiger partial charge in [-0.3, -0.25) is 14.3 Å². The molecule has 2 heterocycles. The molecule has 0 aliphatic carbocycles. The Kier molecular flexibility index (Phi) is 4.73. The minimum atomic E-state index is -0.0498. The number of hydrogen-bond donors (Lipinski definition) is 1. The van der Waals surface area contributed by atoms with E-state index in [0.29, 0.717) is 19.5 Å². The number of rotatable bonds is 5. The third kappa shape index (κ3) is 3.36. The van der Waals surface area contributed by atoms with Crippen molar-refractivity contribution in [2.45, 2.75) is 12.8 Å². The SMILES string of the molecule is CNCCCC(=O)N1CCN(c2cnn(C)c2)C(=O)C1. The Morgan fingerprint density at radius 3 is 2.85 bits per heavy atom. The van der Waals surface area contributed by atoms with Crippen molar-refractivity contribution in [2.24, 2.45) is 7.05 Å². The first-order chi connectivity index (χ1) is 9.61. The van der Waals surface area contributed by atoms with Gasteiger partial charge in [-0.1, -0.05) is 0 Å². The lowest BCUT2D eigenvalue weighted by Gasteiger charge is -2.33. The first-order valence-electron chi connectivity index (χ1n) is 6.83. The van der Waals surface area contributed by atoms with Gasteiger partial charge in [-0.25, -0.2) is 0 Å². The van der Waals surface area contributed by atoms with Gasteiger partial charge in [0.05, 0.1) is 11.9 Å². The molecule has 110 valence electrons. The van der Waals surface area contributed by atoms with Crippen molar-refractivity contribution in [2.75, 3.05) is 38.1 Å². The molecule has 0 atom stereocenters. The van der Waals surface area contributed by atoms with Crippen molar-refractivity contribution < 1.29 is 9.59 Å². The van der Waals surface area contributed by atoms with Crippen molar-refractivity contribution in [3.05, 3.63) is 12.4 Å². The van der Waals surface area contributed by atoms with E-state index in [0.717, 1.165) is 18.7 Å². The van der Waals surface area contributed by atoms with Gasteiger partial charge >= 0.3 is 0 Å². The molecule has 1 aliphatic heterocycles. The molecular weight excluding hydrogens is 258 g/mol. The molecule has 0 aromatic carbocycles. The molecule has 2 rings (SSSR count). The molecule has 1 saturated heterocycles. The zero-order valence-corrected chi connectivity index (χ0v) is 12.0. The van der Waals surface area contributed by atoms with Crippen molar-refractivity contribution >= 4 is 17.5 Å². The van der Waals surface area contributed by atoms with E-state index in [-0.39, 0.29) is 18.4 Å². The predicted octanol–water partition coefficient (Wildman–Crippen LogP) is -0.405. The summed E-state index contributed by atoms with van der Waals surface area (Å²) in [6, 6.07) is 0. The fraction of sp³-hybridized carbons (Fsp3) is 0.615. The maximum Gasteiger partial charge on any atom is 0.246 e. The summed E-state index contributed by atoms with van der Waals surface area (Å²) in [5, 5.41) is 7.08. The minimum absolute atomic E-state index is 0.0498. The number of carbonyl (C=O) groups is 2. The summed E-state index contributed by atoms with van der Waals surface area (Å²) in [6.45, 7) is 2.09. The van der Waals surface area contributed by atoms with Gasteiger partial charge in [0.25, 0.3) is 0 Å². The topological polar surface area (TPSA) is 70.5 Å². The molecule has 1 aromatic rings. The summed E-state index contributed by atoms with van der Waals surface area (Å²) in [6.07, 6.45) is 4.76. The number of anilines is 1. The molecule has 1 aliphatic rings. The number of nitrogens with zero attached hydrogens (tertiary/aromatic N) is 4. The Morgan fingerprint density at radius 1 is 1.45 bits per heavy atom. The normalized spacial score (nSPS) is 15.8. The molecule has 2 amide bonds. The van der Waals surface area contributed by atoms with Gasteiger partial charge in [0.15, 0.2) is 0 Å². The molecule has 0 radical (unpaired) electrons. The smallest absolute Gasteiger partial charge is 0.246 e. The Balaban J connectivity index is 1.89. The van der Waals surface area contributed by atoms with Gasteiger partial charge < -0.3 is 15.1 Å². The Labute approximate surface area is 118 Å². The second kappa shape index (κ2) is 6.51. The van der Waals surface area contributed by atoms with E-state index >= 15 is 0 Å². The molecule has 0 saturated carbocycles. The molecule has 0 spiro atoms. The number of hydrogen-bond acceptors (Lipinski definition) is 4. The number of amides is 2.